The number of rotatable bonds is 5. The summed E-state index contributed by atoms with van der Waals surface area (Å²) < 4.78 is 33.9. The lowest BCUT2D eigenvalue weighted by Gasteiger charge is -2.36. The van der Waals surface area contributed by atoms with E-state index >= 15 is 0 Å². The lowest BCUT2D eigenvalue weighted by atomic mass is 9.94. The minimum atomic E-state index is -2.90. The summed E-state index contributed by atoms with van der Waals surface area (Å²) in [5.74, 6) is -2.29. The molecule has 1 N–H and O–H groups in total. The number of anilines is 2. The van der Waals surface area contributed by atoms with E-state index in [0.717, 1.165) is 60.8 Å². The number of ether oxygens (including phenoxy) is 1. The first-order valence-corrected chi connectivity index (χ1v) is 11.5. The van der Waals surface area contributed by atoms with Crippen molar-refractivity contribution in [3.05, 3.63) is 52.8 Å². The molecule has 2 saturated heterocycles. The summed E-state index contributed by atoms with van der Waals surface area (Å²) in [6, 6.07) is 7.67. The summed E-state index contributed by atoms with van der Waals surface area (Å²) in [5.41, 5.74) is 4.03. The number of aryl methyl sites for hydroxylation is 1. The van der Waals surface area contributed by atoms with Gasteiger partial charge in [-0.05, 0) is 50.8 Å². The zero-order valence-corrected chi connectivity index (χ0v) is 19.4. The van der Waals surface area contributed by atoms with Crippen molar-refractivity contribution in [3.8, 4) is 0 Å². The number of aromatic nitrogens is 3. The fraction of sp³-hybridized carbons (Fsp3) is 0.480. The standard InChI is InChI=1S/C25H29F2N5O/c1-14-20(6-5-7-22(14)25(4,26)27)15(2)29-24-21-10-19(11-28-23(21)16(3)30-31-24)32-17-8-9-18(32)13-33-12-17/h5-7,10-11,15,17-18H,8-9,12-13H2,1-4H3,(H,29,31)/t15-,17?,18?/m1/s1. The van der Waals surface area contributed by atoms with Gasteiger partial charge in [0.2, 0.25) is 0 Å². The molecule has 3 atom stereocenters. The highest BCUT2D eigenvalue weighted by Gasteiger charge is 2.37. The first-order chi connectivity index (χ1) is 15.7. The van der Waals surface area contributed by atoms with Crippen LogP contribution < -0.4 is 10.2 Å². The summed E-state index contributed by atoms with van der Waals surface area (Å²) in [5, 5.41) is 13.0. The number of nitrogens with zero attached hydrogens (tertiary/aromatic N) is 4. The summed E-state index contributed by atoms with van der Waals surface area (Å²) in [4.78, 5) is 7.16. The lowest BCUT2D eigenvalue weighted by molar-refractivity contribution is 0.0167. The Morgan fingerprint density at radius 1 is 1.15 bits per heavy atom. The summed E-state index contributed by atoms with van der Waals surface area (Å²) in [6.07, 6.45) is 4.16. The molecule has 2 aromatic heterocycles. The van der Waals surface area contributed by atoms with Crippen LogP contribution in [0.5, 0.6) is 0 Å². The monoisotopic (exact) mass is 453 g/mol. The van der Waals surface area contributed by atoms with Gasteiger partial charge in [0.1, 0.15) is 0 Å². The second kappa shape index (κ2) is 8.17. The molecule has 4 heterocycles. The van der Waals surface area contributed by atoms with Crippen molar-refractivity contribution in [1.29, 1.82) is 0 Å². The van der Waals surface area contributed by atoms with Crippen molar-refractivity contribution in [2.24, 2.45) is 0 Å². The molecule has 3 aromatic rings. The molecular weight excluding hydrogens is 424 g/mol. The van der Waals surface area contributed by atoms with Crippen molar-refractivity contribution in [2.45, 2.75) is 64.6 Å². The highest BCUT2D eigenvalue weighted by Crippen LogP contribution is 2.37. The minimum absolute atomic E-state index is 0.0419. The zero-order valence-electron chi connectivity index (χ0n) is 19.4. The third-order valence-electron chi connectivity index (χ3n) is 6.98. The predicted molar refractivity (Wildman–Crippen MR) is 125 cm³/mol. The number of morpholine rings is 1. The van der Waals surface area contributed by atoms with E-state index in [0.29, 0.717) is 23.5 Å². The molecule has 2 fully saturated rings. The number of halogens is 2. The molecule has 6 nitrogen and oxygen atoms in total. The fourth-order valence-electron chi connectivity index (χ4n) is 5.33. The molecule has 1 aromatic carbocycles. The number of benzene rings is 1. The van der Waals surface area contributed by atoms with Crippen LogP contribution in [0.3, 0.4) is 0 Å². The molecule has 0 spiro atoms. The van der Waals surface area contributed by atoms with Gasteiger partial charge in [-0.1, -0.05) is 18.2 Å². The molecule has 33 heavy (non-hydrogen) atoms. The van der Waals surface area contributed by atoms with E-state index in [1.807, 2.05) is 26.1 Å². The van der Waals surface area contributed by atoms with Crippen LogP contribution in [0.15, 0.2) is 30.5 Å². The Balaban J connectivity index is 1.52. The summed E-state index contributed by atoms with van der Waals surface area (Å²) >= 11 is 0. The number of nitrogens with one attached hydrogen (secondary N) is 1. The van der Waals surface area contributed by atoms with Crippen LogP contribution in [-0.4, -0.2) is 40.5 Å². The van der Waals surface area contributed by atoms with Gasteiger partial charge in [-0.3, -0.25) is 4.98 Å². The molecule has 5 rings (SSSR count). The summed E-state index contributed by atoms with van der Waals surface area (Å²) in [6.45, 7) is 8.00. The van der Waals surface area contributed by atoms with Crippen LogP contribution in [0.4, 0.5) is 20.3 Å². The number of pyridine rings is 1. The largest absolute Gasteiger partial charge is 0.377 e. The molecule has 2 bridgehead atoms. The minimum Gasteiger partial charge on any atom is -0.377 e. The van der Waals surface area contributed by atoms with E-state index in [9.17, 15) is 8.78 Å². The number of alkyl halides is 2. The van der Waals surface area contributed by atoms with Gasteiger partial charge >= 0.3 is 0 Å². The van der Waals surface area contributed by atoms with E-state index in [1.54, 1.807) is 13.0 Å². The molecule has 174 valence electrons. The van der Waals surface area contributed by atoms with Crippen molar-refractivity contribution in [2.75, 3.05) is 23.4 Å². The Morgan fingerprint density at radius 2 is 1.88 bits per heavy atom. The van der Waals surface area contributed by atoms with Gasteiger partial charge in [-0.25, -0.2) is 8.78 Å². The van der Waals surface area contributed by atoms with E-state index in [2.05, 4.69) is 26.5 Å². The fourth-order valence-corrected chi connectivity index (χ4v) is 5.33. The van der Waals surface area contributed by atoms with Gasteiger partial charge in [0.15, 0.2) is 5.82 Å². The SMILES string of the molecule is Cc1c([C@@H](C)Nc2nnc(C)c3ncc(N4C5CCC4COC5)cc23)cccc1C(C)(F)F. The average molecular weight is 454 g/mol. The van der Waals surface area contributed by atoms with E-state index < -0.39 is 5.92 Å². The van der Waals surface area contributed by atoms with E-state index in [4.69, 9.17) is 9.72 Å². The van der Waals surface area contributed by atoms with Crippen LogP contribution in [0.2, 0.25) is 0 Å². The molecule has 8 heteroatoms. The Morgan fingerprint density at radius 3 is 2.58 bits per heavy atom. The second-order valence-corrected chi connectivity index (χ2v) is 9.33. The smallest absolute Gasteiger partial charge is 0.270 e. The van der Waals surface area contributed by atoms with Gasteiger partial charge in [-0.2, -0.15) is 5.10 Å². The summed E-state index contributed by atoms with van der Waals surface area (Å²) in [7, 11) is 0. The maximum atomic E-state index is 14.1. The first kappa shape index (κ1) is 21.9. The molecule has 0 radical (unpaired) electrons. The van der Waals surface area contributed by atoms with Crippen LogP contribution in [0.25, 0.3) is 10.9 Å². The highest BCUT2D eigenvalue weighted by atomic mass is 19.3. The topological polar surface area (TPSA) is 63.2 Å². The number of fused-ring (bicyclic) bond motifs is 3. The van der Waals surface area contributed by atoms with E-state index in [1.165, 1.54) is 6.07 Å². The molecule has 2 aliphatic heterocycles. The molecule has 0 amide bonds. The van der Waals surface area contributed by atoms with Crippen molar-refractivity contribution in [1.82, 2.24) is 15.2 Å². The van der Waals surface area contributed by atoms with E-state index in [-0.39, 0.29) is 11.6 Å². The Kier molecular flexibility index (Phi) is 5.43. The van der Waals surface area contributed by atoms with Gasteiger partial charge in [0, 0.05) is 17.9 Å². The quantitative estimate of drug-likeness (QED) is 0.566. The zero-order chi connectivity index (χ0) is 23.3. The van der Waals surface area contributed by atoms with Crippen molar-refractivity contribution in [3.63, 3.8) is 0 Å². The molecule has 0 saturated carbocycles. The van der Waals surface area contributed by atoms with Gasteiger partial charge in [0.05, 0.1) is 54.4 Å². The van der Waals surface area contributed by atoms with Gasteiger partial charge in [-0.15, -0.1) is 5.10 Å². The molecule has 2 aliphatic rings. The van der Waals surface area contributed by atoms with Crippen LogP contribution >= 0.6 is 0 Å². The maximum Gasteiger partial charge on any atom is 0.270 e. The van der Waals surface area contributed by atoms with Crippen molar-refractivity contribution >= 4 is 22.4 Å². The Hall–Kier alpha value is -2.87. The third-order valence-corrected chi connectivity index (χ3v) is 6.98. The van der Waals surface area contributed by atoms with Crippen LogP contribution in [0, 0.1) is 13.8 Å². The van der Waals surface area contributed by atoms with Gasteiger partial charge in [0.25, 0.3) is 5.92 Å². The highest BCUT2D eigenvalue weighted by molar-refractivity contribution is 5.92. The molecule has 0 aliphatic carbocycles. The number of hydrogen-bond donors (Lipinski definition) is 1. The molecular formula is C25H29F2N5O. The predicted octanol–water partition coefficient (Wildman–Crippen LogP) is 5.29. The first-order valence-electron chi connectivity index (χ1n) is 11.5. The normalized spacial score (nSPS) is 21.5. The molecule has 2 unspecified atom stereocenters. The Bertz CT molecular complexity index is 1180. The third kappa shape index (κ3) is 3.90. The van der Waals surface area contributed by atoms with Crippen molar-refractivity contribution < 1.29 is 13.5 Å². The second-order valence-electron chi connectivity index (χ2n) is 9.33. The maximum absolute atomic E-state index is 14.1. The average Bonchev–Trinajstić information content (AvgIpc) is 3.03. The number of hydrogen-bond acceptors (Lipinski definition) is 6. The lowest BCUT2D eigenvalue weighted by Crippen LogP contribution is -2.45. The van der Waals surface area contributed by atoms with Crippen LogP contribution in [-0.2, 0) is 10.7 Å². The van der Waals surface area contributed by atoms with Crippen LogP contribution in [0.1, 0.15) is 55.1 Å². The Labute approximate surface area is 192 Å². The van der Waals surface area contributed by atoms with Gasteiger partial charge < -0.3 is 15.0 Å².